The molecule has 62 valence electrons. The summed E-state index contributed by atoms with van der Waals surface area (Å²) in [5.74, 6) is 0. The summed E-state index contributed by atoms with van der Waals surface area (Å²) < 4.78 is 1.28. The van der Waals surface area contributed by atoms with E-state index in [-0.39, 0.29) is 0 Å². The Morgan fingerprint density at radius 2 is 2.08 bits per heavy atom. The van der Waals surface area contributed by atoms with Crippen LogP contribution in [-0.4, -0.2) is 28.1 Å². The monoisotopic (exact) mass is 230 g/mol. The van der Waals surface area contributed by atoms with E-state index in [1.165, 1.54) is 15.3 Å². The second-order valence-corrected chi connectivity index (χ2v) is 4.36. The fourth-order valence-electron chi connectivity index (χ4n) is 1.65. The normalized spacial score (nSPS) is 12.7. The number of benzene rings is 1. The van der Waals surface area contributed by atoms with E-state index in [1.54, 1.807) is 16.9 Å². The zero-order chi connectivity index (χ0) is 8.84. The zero-order valence-electron chi connectivity index (χ0n) is 6.86. The van der Waals surface area contributed by atoms with Crippen LogP contribution in [0.5, 0.6) is 0 Å². The first-order chi connectivity index (χ1) is 6.36. The van der Waals surface area contributed by atoms with Gasteiger partial charge in [-0.2, -0.15) is 0 Å². The average molecular weight is 230 g/mol. The molecule has 1 aliphatic rings. The molecule has 0 radical (unpaired) electrons. The Morgan fingerprint density at radius 1 is 1.15 bits per heavy atom. The predicted octanol–water partition coefficient (Wildman–Crippen LogP) is 0.557. The van der Waals surface area contributed by atoms with Crippen LogP contribution in [-0.2, 0) is 0 Å². The first kappa shape index (κ1) is 7.28. The van der Waals surface area contributed by atoms with Crippen LogP contribution in [0.25, 0.3) is 10.9 Å². The minimum atomic E-state index is 1.05. The molecule has 13 heavy (non-hydrogen) atoms. The number of aromatic nitrogens is 1. The van der Waals surface area contributed by atoms with Crippen molar-refractivity contribution < 1.29 is 0 Å². The van der Waals surface area contributed by atoms with Crippen LogP contribution in [0.2, 0.25) is 0 Å². The fraction of sp³-hybridized carbons (Fsp3) is 0. The molecule has 3 rings (SSSR count). The van der Waals surface area contributed by atoms with Crippen molar-refractivity contribution >= 4 is 44.0 Å². The molecule has 1 atom stereocenters. The molecule has 0 bridgehead atoms. The number of nitrogens with zero attached hydrogens (tertiary/aromatic N) is 2. The molecule has 2 aromatic rings. The summed E-state index contributed by atoms with van der Waals surface area (Å²) in [7, 11) is 0. The molecule has 1 aliphatic heterocycles. The van der Waals surface area contributed by atoms with Crippen molar-refractivity contribution in [2.45, 2.75) is 0 Å². The van der Waals surface area contributed by atoms with Gasteiger partial charge in [-0.05, 0) is 0 Å². The van der Waals surface area contributed by atoms with Crippen molar-refractivity contribution in [1.82, 2.24) is 4.98 Å². The number of aliphatic imine (C=N–C) groups is 1. The van der Waals surface area contributed by atoms with Gasteiger partial charge in [-0.25, -0.2) is 0 Å². The van der Waals surface area contributed by atoms with E-state index in [0.29, 0.717) is 0 Å². The van der Waals surface area contributed by atoms with Gasteiger partial charge in [0.25, 0.3) is 0 Å². The fourth-order valence-corrected chi connectivity index (χ4v) is 2.31. The summed E-state index contributed by atoms with van der Waals surface area (Å²) in [6.07, 6.45) is 3.75. The van der Waals surface area contributed by atoms with Crippen LogP contribution in [0.4, 0.5) is 5.69 Å². The molecule has 3 heteroatoms. The Hall–Kier alpha value is -1.14. The summed E-state index contributed by atoms with van der Waals surface area (Å²) in [6.45, 7) is 0. The molecular formula is C10H7AsN2. The van der Waals surface area contributed by atoms with Crippen LogP contribution >= 0.6 is 0 Å². The van der Waals surface area contributed by atoms with E-state index in [1.807, 2.05) is 18.5 Å². The Bertz CT molecular complexity index is 532. The summed E-state index contributed by atoms with van der Waals surface area (Å²) in [4.78, 5) is 8.71. The molecule has 0 amide bonds. The molecule has 1 aromatic carbocycles. The third-order valence-corrected chi connectivity index (χ3v) is 3.25. The van der Waals surface area contributed by atoms with Crippen LogP contribution in [0.3, 0.4) is 0 Å². The van der Waals surface area contributed by atoms with Gasteiger partial charge in [0.15, 0.2) is 0 Å². The Labute approximate surface area is 84.2 Å². The van der Waals surface area contributed by atoms with Gasteiger partial charge in [-0.3, -0.25) is 0 Å². The van der Waals surface area contributed by atoms with Crippen LogP contribution in [0.15, 0.2) is 29.4 Å². The van der Waals surface area contributed by atoms with E-state index in [4.69, 9.17) is 0 Å². The van der Waals surface area contributed by atoms with E-state index < -0.39 is 0 Å². The molecule has 2 nitrogen and oxygen atoms in total. The third-order valence-electron chi connectivity index (χ3n) is 2.28. The van der Waals surface area contributed by atoms with Gasteiger partial charge < -0.3 is 0 Å². The molecular weight excluding hydrogens is 223 g/mol. The summed E-state index contributed by atoms with van der Waals surface area (Å²) in [5.41, 5.74) is 3.35. The number of hydrogen-bond donors (Lipinski definition) is 0. The Balaban J connectivity index is 2.62. The molecule has 0 saturated carbocycles. The van der Waals surface area contributed by atoms with Crippen molar-refractivity contribution in [2.24, 2.45) is 4.99 Å². The van der Waals surface area contributed by atoms with Gasteiger partial charge in [0.05, 0.1) is 0 Å². The second kappa shape index (κ2) is 2.43. The Kier molecular flexibility index (Phi) is 1.36. The van der Waals surface area contributed by atoms with Gasteiger partial charge in [0, 0.05) is 0 Å². The summed E-state index contributed by atoms with van der Waals surface area (Å²) in [5, 5.41) is 1.21. The quantitative estimate of drug-likeness (QED) is 0.518. The molecule has 1 aromatic heterocycles. The van der Waals surface area contributed by atoms with E-state index >= 15 is 0 Å². The molecule has 0 spiro atoms. The molecule has 0 N–H and O–H groups in total. The van der Waals surface area contributed by atoms with Gasteiger partial charge in [0.1, 0.15) is 0 Å². The maximum absolute atomic E-state index is 4.39. The molecule has 1 unspecified atom stereocenters. The first-order valence-corrected chi connectivity index (χ1v) is 5.28. The van der Waals surface area contributed by atoms with Crippen LogP contribution in [0.1, 0.15) is 5.56 Å². The van der Waals surface area contributed by atoms with Crippen molar-refractivity contribution in [3.05, 3.63) is 30.0 Å². The molecule has 0 saturated heterocycles. The van der Waals surface area contributed by atoms with Crippen molar-refractivity contribution in [2.75, 3.05) is 0 Å². The maximum atomic E-state index is 4.39. The molecule has 0 fully saturated rings. The second-order valence-electron chi connectivity index (χ2n) is 3.06. The minimum absolute atomic E-state index is 1.05. The number of hydrogen-bond acceptors (Lipinski definition) is 2. The first-order valence-electron chi connectivity index (χ1n) is 4.07. The van der Waals surface area contributed by atoms with Crippen LogP contribution < -0.4 is 4.35 Å². The standard InChI is InChI=1S/C10H7AsN2/c11-7-1-2-8-9-6(3-4-12-8)5-13-10(7)9/h1-5H,11H2. The summed E-state index contributed by atoms with van der Waals surface area (Å²) >= 11 is 1.61. The van der Waals surface area contributed by atoms with Crippen molar-refractivity contribution in [3.63, 3.8) is 0 Å². The topological polar surface area (TPSA) is 25.2 Å². The molecule has 2 heterocycles. The van der Waals surface area contributed by atoms with Crippen LogP contribution in [0, 0.1) is 0 Å². The predicted molar refractivity (Wildman–Crippen MR) is 57.2 cm³/mol. The van der Waals surface area contributed by atoms with Gasteiger partial charge in [0.2, 0.25) is 0 Å². The zero-order valence-corrected chi connectivity index (χ0v) is 9.28. The van der Waals surface area contributed by atoms with Crippen molar-refractivity contribution in [1.29, 1.82) is 0 Å². The van der Waals surface area contributed by atoms with Gasteiger partial charge in [-0.1, -0.05) is 0 Å². The Morgan fingerprint density at radius 3 is 3.00 bits per heavy atom. The van der Waals surface area contributed by atoms with E-state index in [9.17, 15) is 0 Å². The van der Waals surface area contributed by atoms with Gasteiger partial charge >= 0.3 is 83.9 Å². The molecule has 0 aliphatic carbocycles. The van der Waals surface area contributed by atoms with Crippen molar-refractivity contribution in [3.8, 4) is 0 Å². The summed E-state index contributed by atoms with van der Waals surface area (Å²) in [6, 6.07) is 6.17. The average Bonchev–Trinajstić information content (AvgIpc) is 2.57. The van der Waals surface area contributed by atoms with Gasteiger partial charge in [-0.15, -0.1) is 0 Å². The third kappa shape index (κ3) is 0.895. The SMILES string of the molecule is [AsH2]c1ccc2nccc3c2c1N=C3. The number of pyridine rings is 1. The van der Waals surface area contributed by atoms with E-state index in [0.717, 1.165) is 11.2 Å². The van der Waals surface area contributed by atoms with E-state index in [2.05, 4.69) is 22.1 Å². The number of rotatable bonds is 0.